The van der Waals surface area contributed by atoms with Crippen LogP contribution in [0.15, 0.2) is 24.3 Å². The van der Waals surface area contributed by atoms with Crippen LogP contribution in [0.25, 0.3) is 0 Å². The lowest BCUT2D eigenvalue weighted by molar-refractivity contribution is 0.0172. The fraction of sp³-hybridized carbons (Fsp3) is 0.647. The number of halogens is 1. The van der Waals surface area contributed by atoms with Crippen molar-refractivity contribution in [2.24, 2.45) is 0 Å². The number of hydrogen-bond donors (Lipinski definition) is 1. The van der Waals surface area contributed by atoms with Crippen molar-refractivity contribution in [3.63, 3.8) is 0 Å². The first-order valence-electron chi connectivity index (χ1n) is 8.62. The van der Waals surface area contributed by atoms with E-state index in [2.05, 4.69) is 9.62 Å². The zero-order valence-electron chi connectivity index (χ0n) is 13.8. The van der Waals surface area contributed by atoms with Gasteiger partial charge in [-0.25, -0.2) is 13.1 Å². The van der Waals surface area contributed by atoms with Crippen molar-refractivity contribution < 1.29 is 13.2 Å². The van der Waals surface area contributed by atoms with E-state index >= 15 is 0 Å². The molecule has 1 aromatic rings. The minimum Gasteiger partial charge on any atom is -0.379 e. The first kappa shape index (κ1) is 18.1. The Hall–Kier alpha value is -0.660. The standard InChI is InChI=1S/C17H25ClN2O3S/c18-16-8-4-3-7-15(16)17(20-9-11-23-12-10-20)13-19-24(21,22)14-5-1-2-6-14/h3-4,7-8,14,17,19H,1-2,5-6,9-13H2. The van der Waals surface area contributed by atoms with E-state index in [9.17, 15) is 8.42 Å². The largest absolute Gasteiger partial charge is 0.379 e. The molecule has 1 aromatic carbocycles. The molecule has 1 atom stereocenters. The van der Waals surface area contributed by atoms with Gasteiger partial charge in [-0.15, -0.1) is 0 Å². The predicted molar refractivity (Wildman–Crippen MR) is 95.8 cm³/mol. The van der Waals surface area contributed by atoms with Gasteiger partial charge in [-0.05, 0) is 24.5 Å². The predicted octanol–water partition coefficient (Wildman–Crippen LogP) is 2.58. The van der Waals surface area contributed by atoms with Crippen LogP contribution in [0.3, 0.4) is 0 Å². The van der Waals surface area contributed by atoms with Crippen molar-refractivity contribution in [3.05, 3.63) is 34.9 Å². The molecular formula is C17H25ClN2O3S. The summed E-state index contributed by atoms with van der Waals surface area (Å²) in [6, 6.07) is 7.60. The van der Waals surface area contributed by atoms with Crippen molar-refractivity contribution in [2.45, 2.75) is 37.0 Å². The third-order valence-electron chi connectivity index (χ3n) is 4.97. The molecule has 1 heterocycles. The second-order valence-corrected chi connectivity index (χ2v) is 8.94. The summed E-state index contributed by atoms with van der Waals surface area (Å²) in [5, 5.41) is 0.433. The second-order valence-electron chi connectivity index (χ2n) is 6.49. The van der Waals surface area contributed by atoms with Gasteiger partial charge in [0.15, 0.2) is 0 Å². The number of nitrogens with zero attached hydrogens (tertiary/aromatic N) is 1. The average Bonchev–Trinajstić information content (AvgIpc) is 3.13. The number of hydrogen-bond acceptors (Lipinski definition) is 4. The highest BCUT2D eigenvalue weighted by Gasteiger charge is 2.31. The van der Waals surface area contributed by atoms with Crippen LogP contribution in [0, 0.1) is 0 Å². The van der Waals surface area contributed by atoms with Crippen LogP contribution >= 0.6 is 11.6 Å². The van der Waals surface area contributed by atoms with E-state index in [0.29, 0.717) is 24.8 Å². The lowest BCUT2D eigenvalue weighted by atomic mass is 10.0. The van der Waals surface area contributed by atoms with Crippen LogP contribution < -0.4 is 4.72 Å². The molecule has 24 heavy (non-hydrogen) atoms. The smallest absolute Gasteiger partial charge is 0.214 e. The number of morpholine rings is 1. The van der Waals surface area contributed by atoms with Gasteiger partial charge < -0.3 is 4.74 Å². The van der Waals surface area contributed by atoms with Crippen molar-refractivity contribution in [2.75, 3.05) is 32.8 Å². The summed E-state index contributed by atoms with van der Waals surface area (Å²) in [5.41, 5.74) is 0.968. The summed E-state index contributed by atoms with van der Waals surface area (Å²) in [4.78, 5) is 2.25. The molecule has 3 rings (SSSR count). The van der Waals surface area contributed by atoms with Gasteiger partial charge in [-0.2, -0.15) is 0 Å². The molecule has 1 N–H and O–H groups in total. The Morgan fingerprint density at radius 2 is 1.88 bits per heavy atom. The molecule has 1 unspecified atom stereocenters. The monoisotopic (exact) mass is 372 g/mol. The van der Waals surface area contributed by atoms with E-state index in [4.69, 9.17) is 16.3 Å². The Balaban J connectivity index is 1.76. The van der Waals surface area contributed by atoms with Gasteiger partial charge in [-0.1, -0.05) is 42.6 Å². The van der Waals surface area contributed by atoms with Gasteiger partial charge in [0.25, 0.3) is 0 Å². The molecule has 5 nitrogen and oxygen atoms in total. The summed E-state index contributed by atoms with van der Waals surface area (Å²) in [6.45, 7) is 3.23. The van der Waals surface area contributed by atoms with Crippen molar-refractivity contribution in [3.8, 4) is 0 Å². The normalized spacial score (nSPS) is 21.9. The highest BCUT2D eigenvalue weighted by atomic mass is 35.5. The SMILES string of the molecule is O=S(=O)(NCC(c1ccccc1Cl)N1CCOCC1)C1CCCC1. The molecule has 2 aliphatic rings. The summed E-state index contributed by atoms with van der Waals surface area (Å²) in [6.07, 6.45) is 3.54. The molecule has 1 saturated carbocycles. The van der Waals surface area contributed by atoms with Gasteiger partial charge >= 0.3 is 0 Å². The van der Waals surface area contributed by atoms with E-state index in [-0.39, 0.29) is 11.3 Å². The van der Waals surface area contributed by atoms with Gasteiger partial charge in [0.1, 0.15) is 0 Å². The number of ether oxygens (including phenoxy) is 1. The molecule has 0 amide bonds. The van der Waals surface area contributed by atoms with E-state index < -0.39 is 10.0 Å². The summed E-state index contributed by atoms with van der Waals surface area (Å²) in [7, 11) is -3.27. The first-order chi connectivity index (χ1) is 11.6. The molecule has 2 fully saturated rings. The van der Waals surface area contributed by atoms with E-state index in [1.165, 1.54) is 0 Å². The minimum absolute atomic E-state index is 0.0706. The lowest BCUT2D eigenvalue weighted by Gasteiger charge is -2.35. The van der Waals surface area contributed by atoms with E-state index in [0.717, 1.165) is 44.3 Å². The maximum Gasteiger partial charge on any atom is 0.214 e. The Kier molecular flexibility index (Phi) is 6.16. The van der Waals surface area contributed by atoms with Crippen LogP contribution in [0.4, 0.5) is 0 Å². The molecule has 1 aliphatic heterocycles. The number of sulfonamides is 1. The topological polar surface area (TPSA) is 58.6 Å². The molecule has 0 bridgehead atoms. The zero-order valence-corrected chi connectivity index (χ0v) is 15.4. The highest BCUT2D eigenvalue weighted by molar-refractivity contribution is 7.90. The average molecular weight is 373 g/mol. The summed E-state index contributed by atoms with van der Waals surface area (Å²) < 4.78 is 33.4. The molecule has 134 valence electrons. The van der Waals surface area contributed by atoms with Crippen molar-refractivity contribution >= 4 is 21.6 Å². The number of nitrogens with one attached hydrogen (secondary N) is 1. The third kappa shape index (κ3) is 4.29. The molecule has 0 radical (unpaired) electrons. The molecule has 1 saturated heterocycles. The summed E-state index contributed by atoms with van der Waals surface area (Å²) in [5.74, 6) is 0. The van der Waals surface area contributed by atoms with E-state index in [1.54, 1.807) is 0 Å². The van der Waals surface area contributed by atoms with Crippen LogP contribution in [-0.4, -0.2) is 51.4 Å². The zero-order chi connectivity index (χ0) is 17.0. The van der Waals surface area contributed by atoms with Crippen LogP contribution in [-0.2, 0) is 14.8 Å². The Morgan fingerprint density at radius 1 is 1.21 bits per heavy atom. The Morgan fingerprint density at radius 3 is 2.54 bits per heavy atom. The third-order valence-corrected chi connectivity index (χ3v) is 7.23. The highest BCUT2D eigenvalue weighted by Crippen LogP contribution is 2.29. The number of rotatable bonds is 6. The molecular weight excluding hydrogens is 348 g/mol. The van der Waals surface area contributed by atoms with Gasteiger partial charge in [-0.3, -0.25) is 4.90 Å². The van der Waals surface area contributed by atoms with Gasteiger partial charge in [0, 0.05) is 30.7 Å². The maximum absolute atomic E-state index is 12.5. The van der Waals surface area contributed by atoms with Crippen molar-refractivity contribution in [1.82, 2.24) is 9.62 Å². The molecule has 0 aromatic heterocycles. The minimum atomic E-state index is -3.27. The van der Waals surface area contributed by atoms with Crippen molar-refractivity contribution in [1.29, 1.82) is 0 Å². The van der Waals surface area contributed by atoms with E-state index in [1.807, 2.05) is 24.3 Å². The Bertz CT molecular complexity index is 641. The fourth-order valence-electron chi connectivity index (χ4n) is 3.58. The summed E-state index contributed by atoms with van der Waals surface area (Å²) >= 11 is 6.38. The molecule has 1 aliphatic carbocycles. The first-order valence-corrected chi connectivity index (χ1v) is 10.5. The lowest BCUT2D eigenvalue weighted by Crippen LogP contribution is -2.45. The molecule has 0 spiro atoms. The second kappa shape index (κ2) is 8.15. The number of benzene rings is 1. The quantitative estimate of drug-likeness (QED) is 0.833. The Labute approximate surface area is 149 Å². The fourth-order valence-corrected chi connectivity index (χ4v) is 5.42. The molecule has 7 heteroatoms. The van der Waals surface area contributed by atoms with Gasteiger partial charge in [0.05, 0.1) is 18.5 Å². The van der Waals surface area contributed by atoms with Crippen LogP contribution in [0.5, 0.6) is 0 Å². The maximum atomic E-state index is 12.5. The van der Waals surface area contributed by atoms with Crippen LogP contribution in [0.1, 0.15) is 37.3 Å². The van der Waals surface area contributed by atoms with Gasteiger partial charge in [0.2, 0.25) is 10.0 Å². The van der Waals surface area contributed by atoms with Crippen LogP contribution in [0.2, 0.25) is 5.02 Å².